The summed E-state index contributed by atoms with van der Waals surface area (Å²) in [5.41, 5.74) is 1.58. The van der Waals surface area contributed by atoms with E-state index in [2.05, 4.69) is 58.8 Å². The third-order valence-electron chi connectivity index (χ3n) is 2.52. The number of halogens is 2. The molecular weight excluding hydrogens is 435 g/mol. The van der Waals surface area contributed by atoms with E-state index in [1.54, 1.807) is 13.3 Å². The molecule has 0 radical (unpaired) electrons. The van der Waals surface area contributed by atoms with Crippen LogP contribution in [0.25, 0.3) is 11.5 Å². The zero-order chi connectivity index (χ0) is 14.5. The summed E-state index contributed by atoms with van der Waals surface area (Å²) in [6, 6.07) is 3.79. The summed E-state index contributed by atoms with van der Waals surface area (Å²) < 4.78 is 7.05. The number of hydrogen-bond acceptors (Lipinski definition) is 5. The summed E-state index contributed by atoms with van der Waals surface area (Å²) in [5, 5.41) is 3.25. The summed E-state index contributed by atoms with van der Waals surface area (Å²) in [6.45, 7) is 3.27. The number of anilines is 1. The Morgan fingerprint density at radius 1 is 1.40 bits per heavy atom. The van der Waals surface area contributed by atoms with Crippen LogP contribution >= 0.6 is 38.5 Å². The third kappa shape index (κ3) is 3.44. The van der Waals surface area contributed by atoms with Gasteiger partial charge in [-0.1, -0.05) is 0 Å². The van der Waals surface area contributed by atoms with Crippen molar-refractivity contribution in [1.82, 2.24) is 15.0 Å². The molecule has 0 bridgehead atoms. The van der Waals surface area contributed by atoms with Crippen LogP contribution in [0.2, 0.25) is 0 Å². The van der Waals surface area contributed by atoms with Gasteiger partial charge in [-0.05, 0) is 57.6 Å². The van der Waals surface area contributed by atoms with Crippen molar-refractivity contribution in [2.24, 2.45) is 0 Å². The van der Waals surface area contributed by atoms with Gasteiger partial charge in [-0.3, -0.25) is 4.98 Å². The Morgan fingerprint density at radius 2 is 2.20 bits per heavy atom. The lowest BCUT2D eigenvalue weighted by Gasteiger charge is -2.12. The van der Waals surface area contributed by atoms with Crippen LogP contribution in [-0.2, 0) is 11.3 Å². The monoisotopic (exact) mass is 448 g/mol. The van der Waals surface area contributed by atoms with Crippen LogP contribution in [-0.4, -0.2) is 28.6 Å². The SMILES string of the molecule is CCNc1nc(-c2ncccc2Br)nc(COC)c1I. The molecule has 0 spiro atoms. The molecule has 2 aromatic heterocycles. The van der Waals surface area contributed by atoms with Crippen LogP contribution in [0.3, 0.4) is 0 Å². The summed E-state index contributed by atoms with van der Waals surface area (Å²) in [7, 11) is 1.65. The lowest BCUT2D eigenvalue weighted by atomic mass is 10.3. The van der Waals surface area contributed by atoms with Crippen LogP contribution in [0.15, 0.2) is 22.8 Å². The number of nitrogens with zero attached hydrogens (tertiary/aromatic N) is 3. The first kappa shape index (κ1) is 15.6. The highest BCUT2D eigenvalue weighted by Gasteiger charge is 2.15. The number of nitrogens with one attached hydrogen (secondary N) is 1. The van der Waals surface area contributed by atoms with Crippen molar-refractivity contribution in [3.05, 3.63) is 32.1 Å². The fraction of sp³-hybridized carbons (Fsp3) is 0.308. The highest BCUT2D eigenvalue weighted by Crippen LogP contribution is 2.27. The van der Waals surface area contributed by atoms with Crippen LogP contribution in [0, 0.1) is 3.57 Å². The lowest BCUT2D eigenvalue weighted by molar-refractivity contribution is 0.181. The first-order valence-electron chi connectivity index (χ1n) is 6.07. The molecule has 5 nitrogen and oxygen atoms in total. The van der Waals surface area contributed by atoms with Gasteiger partial charge in [-0.15, -0.1) is 0 Å². The van der Waals surface area contributed by atoms with Crippen LogP contribution in [0.5, 0.6) is 0 Å². The van der Waals surface area contributed by atoms with Gasteiger partial charge in [0.2, 0.25) is 0 Å². The maximum absolute atomic E-state index is 5.21. The Kier molecular flexibility index (Phi) is 5.67. The van der Waals surface area contributed by atoms with Gasteiger partial charge in [0.15, 0.2) is 5.82 Å². The number of hydrogen-bond donors (Lipinski definition) is 1. The maximum Gasteiger partial charge on any atom is 0.181 e. The standard InChI is InChI=1S/C13H14BrIN4O/c1-3-16-12-10(15)9(7-20-2)18-13(19-12)11-8(14)5-4-6-17-11/h4-6H,3,7H2,1-2H3,(H,16,18,19). The van der Waals surface area contributed by atoms with Gasteiger partial charge in [-0.2, -0.15) is 0 Å². The van der Waals surface area contributed by atoms with Crippen LogP contribution in [0.4, 0.5) is 5.82 Å². The zero-order valence-corrected chi connectivity index (χ0v) is 14.9. The summed E-state index contributed by atoms with van der Waals surface area (Å²) in [5.74, 6) is 1.39. The van der Waals surface area contributed by atoms with E-state index in [9.17, 15) is 0 Å². The van der Waals surface area contributed by atoms with E-state index in [0.717, 1.165) is 31.8 Å². The van der Waals surface area contributed by atoms with Gasteiger partial charge < -0.3 is 10.1 Å². The molecule has 2 heterocycles. The molecule has 2 rings (SSSR count). The second-order valence-corrected chi connectivity index (χ2v) is 5.89. The number of pyridine rings is 1. The number of ether oxygens (including phenoxy) is 1. The topological polar surface area (TPSA) is 59.9 Å². The molecule has 0 amide bonds. The first-order chi connectivity index (χ1) is 9.67. The molecule has 0 aliphatic heterocycles. The highest BCUT2D eigenvalue weighted by molar-refractivity contribution is 14.1. The Balaban J connectivity index is 2.56. The van der Waals surface area contributed by atoms with Crippen molar-refractivity contribution in [3.8, 4) is 11.5 Å². The maximum atomic E-state index is 5.21. The quantitative estimate of drug-likeness (QED) is 0.709. The van der Waals surface area contributed by atoms with Gasteiger partial charge in [-0.25, -0.2) is 9.97 Å². The van der Waals surface area contributed by atoms with Crippen molar-refractivity contribution in [3.63, 3.8) is 0 Å². The second kappa shape index (κ2) is 7.28. The fourth-order valence-electron chi connectivity index (χ4n) is 1.67. The minimum Gasteiger partial charge on any atom is -0.378 e. The van der Waals surface area contributed by atoms with Crippen molar-refractivity contribution in [2.75, 3.05) is 19.0 Å². The molecule has 7 heteroatoms. The number of rotatable bonds is 5. The molecule has 0 unspecified atom stereocenters. The minimum absolute atomic E-state index is 0.441. The Labute approximate surface area is 139 Å². The van der Waals surface area contributed by atoms with E-state index in [-0.39, 0.29) is 0 Å². The molecular formula is C13H14BrIN4O. The van der Waals surface area contributed by atoms with Crippen molar-refractivity contribution in [1.29, 1.82) is 0 Å². The van der Waals surface area contributed by atoms with E-state index in [4.69, 9.17) is 4.74 Å². The molecule has 0 aliphatic carbocycles. The molecule has 0 fully saturated rings. The van der Waals surface area contributed by atoms with Crippen molar-refractivity contribution in [2.45, 2.75) is 13.5 Å². The summed E-state index contributed by atoms with van der Waals surface area (Å²) in [6.07, 6.45) is 1.73. The van der Waals surface area contributed by atoms with Gasteiger partial charge in [0.25, 0.3) is 0 Å². The Bertz CT molecular complexity index is 582. The fourth-order valence-corrected chi connectivity index (χ4v) is 2.69. The molecule has 0 atom stereocenters. The van der Waals surface area contributed by atoms with E-state index >= 15 is 0 Å². The average Bonchev–Trinajstić information content (AvgIpc) is 2.44. The van der Waals surface area contributed by atoms with E-state index < -0.39 is 0 Å². The number of aromatic nitrogens is 3. The van der Waals surface area contributed by atoms with Gasteiger partial charge in [0.05, 0.1) is 15.9 Å². The average molecular weight is 449 g/mol. The van der Waals surface area contributed by atoms with Crippen LogP contribution < -0.4 is 5.32 Å². The highest BCUT2D eigenvalue weighted by atomic mass is 127. The summed E-state index contributed by atoms with van der Waals surface area (Å²) in [4.78, 5) is 13.5. The molecule has 2 aromatic rings. The first-order valence-corrected chi connectivity index (χ1v) is 7.94. The largest absolute Gasteiger partial charge is 0.378 e. The molecule has 106 valence electrons. The van der Waals surface area contributed by atoms with Crippen molar-refractivity contribution >= 4 is 44.3 Å². The van der Waals surface area contributed by atoms with E-state index in [1.807, 2.05) is 19.1 Å². The molecule has 0 aliphatic rings. The van der Waals surface area contributed by atoms with Crippen molar-refractivity contribution < 1.29 is 4.74 Å². The number of methoxy groups -OCH3 is 1. The van der Waals surface area contributed by atoms with Crippen LogP contribution in [0.1, 0.15) is 12.6 Å². The molecule has 0 saturated carbocycles. The van der Waals surface area contributed by atoms with Gasteiger partial charge in [0.1, 0.15) is 11.5 Å². The summed E-state index contributed by atoms with van der Waals surface area (Å²) >= 11 is 5.72. The molecule has 20 heavy (non-hydrogen) atoms. The van der Waals surface area contributed by atoms with E-state index in [0.29, 0.717) is 12.4 Å². The molecule has 0 saturated heterocycles. The lowest BCUT2D eigenvalue weighted by Crippen LogP contribution is -2.09. The van der Waals surface area contributed by atoms with Gasteiger partial charge in [0, 0.05) is 24.3 Å². The predicted molar refractivity (Wildman–Crippen MR) is 90.6 cm³/mol. The smallest absolute Gasteiger partial charge is 0.181 e. The molecule has 0 aromatic carbocycles. The molecule has 1 N–H and O–H groups in total. The van der Waals surface area contributed by atoms with E-state index in [1.165, 1.54) is 0 Å². The normalized spacial score (nSPS) is 10.6. The second-order valence-electron chi connectivity index (χ2n) is 3.95. The minimum atomic E-state index is 0.441. The predicted octanol–water partition coefficient (Wildman–Crippen LogP) is 3.48. The Hall–Kier alpha value is -0.800. The zero-order valence-electron chi connectivity index (χ0n) is 11.2. The van der Waals surface area contributed by atoms with Gasteiger partial charge >= 0.3 is 0 Å². The third-order valence-corrected chi connectivity index (χ3v) is 4.29. The Morgan fingerprint density at radius 3 is 2.85 bits per heavy atom.